The van der Waals surface area contributed by atoms with Crippen LogP contribution < -0.4 is 4.90 Å². The molecule has 0 aromatic heterocycles. The molecule has 0 saturated carbocycles. The molecule has 0 spiro atoms. The summed E-state index contributed by atoms with van der Waals surface area (Å²) in [7, 11) is -4.26. The van der Waals surface area contributed by atoms with E-state index in [2.05, 4.69) is 4.99 Å². The molecule has 1 unspecified atom stereocenters. The van der Waals surface area contributed by atoms with Crippen molar-refractivity contribution in [3.63, 3.8) is 0 Å². The van der Waals surface area contributed by atoms with Gasteiger partial charge in [0.1, 0.15) is 0 Å². The molecular weight excluding hydrogens is 564 g/mol. The van der Waals surface area contributed by atoms with E-state index in [1.165, 1.54) is 11.1 Å². The summed E-state index contributed by atoms with van der Waals surface area (Å²) in [6.07, 6.45) is 7.45. The van der Waals surface area contributed by atoms with Crippen molar-refractivity contribution < 1.29 is 40.4 Å². The van der Waals surface area contributed by atoms with E-state index < -0.39 is 56.2 Å². The van der Waals surface area contributed by atoms with Crippen molar-refractivity contribution >= 4 is 33.7 Å². The molecule has 0 aliphatic carbocycles. The van der Waals surface area contributed by atoms with Crippen LogP contribution in [-0.4, -0.2) is 42.6 Å². The van der Waals surface area contributed by atoms with Crippen LogP contribution in [0.3, 0.4) is 0 Å². The second kappa shape index (κ2) is 13.9. The van der Waals surface area contributed by atoms with Crippen LogP contribution in [0.2, 0.25) is 0 Å². The smallest absolute Gasteiger partial charge is 0.303 e. The number of halogens is 4. The Morgan fingerprint density at radius 2 is 1.63 bits per heavy atom. The predicted octanol–water partition coefficient (Wildman–Crippen LogP) is 6.87. The fraction of sp³-hybridized carbons (Fsp3) is 0.379. The number of aliphatic carboxylic acids is 1. The predicted molar refractivity (Wildman–Crippen MR) is 149 cm³/mol. The lowest BCUT2D eigenvalue weighted by atomic mass is 9.76. The zero-order valence-corrected chi connectivity index (χ0v) is 23.3. The monoisotopic (exact) mass is 596 g/mol. The Bertz CT molecular complexity index is 1450. The van der Waals surface area contributed by atoms with E-state index in [1.807, 2.05) is 18.2 Å². The fourth-order valence-corrected chi connectivity index (χ4v) is 5.58. The molecular formula is C29H32F4N2O5S. The molecule has 1 aliphatic heterocycles. The number of benzene rings is 2. The van der Waals surface area contributed by atoms with Gasteiger partial charge in [-0.15, -0.1) is 0 Å². The molecule has 2 N–H and O–H groups in total. The Kier molecular flexibility index (Phi) is 10.9. The lowest BCUT2D eigenvalue weighted by molar-refractivity contribution is -0.137. The first-order chi connectivity index (χ1) is 19.4. The average molecular weight is 597 g/mol. The van der Waals surface area contributed by atoms with Crippen LogP contribution in [0.25, 0.3) is 0 Å². The van der Waals surface area contributed by atoms with Gasteiger partial charge in [0, 0.05) is 35.9 Å². The number of nitrogens with zero attached hydrogens (tertiary/aromatic N) is 2. The van der Waals surface area contributed by atoms with Gasteiger partial charge in [0.15, 0.2) is 23.3 Å². The summed E-state index contributed by atoms with van der Waals surface area (Å²) in [6, 6.07) is 9.06. The van der Waals surface area contributed by atoms with E-state index >= 15 is 8.78 Å². The minimum absolute atomic E-state index is 0.000421. The van der Waals surface area contributed by atoms with Crippen LogP contribution in [0.1, 0.15) is 57.4 Å². The Morgan fingerprint density at radius 1 is 0.951 bits per heavy atom. The minimum atomic E-state index is -4.26. The maximum absolute atomic E-state index is 15.4. The molecule has 41 heavy (non-hydrogen) atoms. The number of para-hydroxylation sites is 1. The molecule has 1 atom stereocenters. The van der Waals surface area contributed by atoms with Gasteiger partial charge in [-0.1, -0.05) is 37.1 Å². The van der Waals surface area contributed by atoms with Crippen molar-refractivity contribution in [1.82, 2.24) is 0 Å². The average Bonchev–Trinajstić information content (AvgIpc) is 3.16. The van der Waals surface area contributed by atoms with Crippen LogP contribution in [0.4, 0.5) is 28.9 Å². The highest BCUT2D eigenvalue weighted by Crippen LogP contribution is 2.53. The van der Waals surface area contributed by atoms with Crippen LogP contribution in [0, 0.1) is 23.3 Å². The number of anilines is 1. The SMILES string of the molecule is CC1(CCCCS(=O)(=O)O)C(=CC=CC=Nc2ccccc2)N(CCCCCC(=O)O)c2c(F)c(F)c(F)c(F)c21. The molecule has 0 fully saturated rings. The zero-order valence-electron chi connectivity index (χ0n) is 22.5. The number of rotatable bonds is 14. The van der Waals surface area contributed by atoms with Crippen molar-refractivity contribution in [2.75, 3.05) is 17.2 Å². The second-order valence-corrected chi connectivity index (χ2v) is 11.5. The summed E-state index contributed by atoms with van der Waals surface area (Å²) in [5.41, 5.74) is -1.21. The van der Waals surface area contributed by atoms with Gasteiger partial charge in [-0.2, -0.15) is 8.42 Å². The first-order valence-electron chi connectivity index (χ1n) is 13.1. The normalized spacial score (nSPS) is 18.2. The molecule has 222 valence electrons. The number of carbonyl (C=O) groups is 1. The molecule has 0 bridgehead atoms. The standard InChI is InChI=1S/C29H32F4N2O5S/c1-29(16-8-11-19-41(38,39)40)21(14-7-9-17-34-20-12-4-2-5-13-20)35(18-10-3-6-15-22(36)37)28-23(29)24(30)25(31)26(32)27(28)33/h2,4-5,7,9,12-14,17H,3,6,8,10-11,15-16,18-19H2,1H3,(H,36,37)(H,38,39,40). The minimum Gasteiger partial charge on any atom is -0.481 e. The summed E-state index contributed by atoms with van der Waals surface area (Å²) >= 11 is 0. The van der Waals surface area contributed by atoms with E-state index in [-0.39, 0.29) is 37.8 Å². The summed E-state index contributed by atoms with van der Waals surface area (Å²) in [6.45, 7) is 1.60. The van der Waals surface area contributed by atoms with Gasteiger partial charge in [-0.3, -0.25) is 14.3 Å². The molecule has 0 radical (unpaired) electrons. The zero-order chi connectivity index (χ0) is 30.2. The van der Waals surface area contributed by atoms with Crippen molar-refractivity contribution in [1.29, 1.82) is 0 Å². The molecule has 0 amide bonds. The Hall–Kier alpha value is -3.51. The van der Waals surface area contributed by atoms with Gasteiger partial charge in [0.25, 0.3) is 10.1 Å². The highest BCUT2D eigenvalue weighted by Gasteiger charge is 2.48. The quantitative estimate of drug-likeness (QED) is 0.0616. The highest BCUT2D eigenvalue weighted by atomic mass is 32.2. The third-order valence-corrected chi connectivity index (χ3v) is 7.76. The maximum Gasteiger partial charge on any atom is 0.303 e. The van der Waals surface area contributed by atoms with E-state index in [4.69, 9.17) is 9.66 Å². The van der Waals surface area contributed by atoms with Gasteiger partial charge >= 0.3 is 5.97 Å². The largest absolute Gasteiger partial charge is 0.481 e. The number of unbranched alkanes of at least 4 members (excludes halogenated alkanes) is 3. The number of allylic oxidation sites excluding steroid dienone is 4. The summed E-state index contributed by atoms with van der Waals surface area (Å²) in [5, 5.41) is 8.90. The summed E-state index contributed by atoms with van der Waals surface area (Å²) in [5.74, 6) is -8.50. The lowest BCUT2D eigenvalue weighted by Gasteiger charge is -2.30. The first-order valence-corrected chi connectivity index (χ1v) is 14.7. The van der Waals surface area contributed by atoms with E-state index in [0.29, 0.717) is 30.6 Å². The molecule has 1 aliphatic rings. The topological polar surface area (TPSA) is 107 Å². The lowest BCUT2D eigenvalue weighted by Crippen LogP contribution is -2.30. The highest BCUT2D eigenvalue weighted by molar-refractivity contribution is 7.85. The van der Waals surface area contributed by atoms with E-state index in [0.717, 1.165) is 0 Å². The van der Waals surface area contributed by atoms with E-state index in [1.54, 1.807) is 37.3 Å². The molecule has 3 rings (SSSR count). The third-order valence-electron chi connectivity index (χ3n) is 6.95. The number of carboxylic acid groups (broad SMARTS) is 1. The van der Waals surface area contributed by atoms with Gasteiger partial charge in [0.05, 0.1) is 17.1 Å². The fourth-order valence-electron chi connectivity index (χ4n) is 5.01. The van der Waals surface area contributed by atoms with Crippen molar-refractivity contribution in [2.24, 2.45) is 4.99 Å². The molecule has 12 heteroatoms. The second-order valence-electron chi connectivity index (χ2n) is 9.96. The number of fused-ring (bicyclic) bond motifs is 1. The third kappa shape index (κ3) is 8.04. The van der Waals surface area contributed by atoms with Crippen LogP contribution in [-0.2, 0) is 20.3 Å². The Balaban J connectivity index is 2.03. The van der Waals surface area contributed by atoms with Gasteiger partial charge in [0.2, 0.25) is 0 Å². The van der Waals surface area contributed by atoms with Gasteiger partial charge in [-0.05, 0) is 56.9 Å². The Morgan fingerprint density at radius 3 is 2.29 bits per heavy atom. The number of aliphatic imine (C=N–C) groups is 1. The Labute approximate surface area is 236 Å². The molecule has 2 aromatic carbocycles. The maximum atomic E-state index is 15.4. The van der Waals surface area contributed by atoms with Crippen LogP contribution in [0.15, 0.2) is 59.2 Å². The number of hydrogen-bond donors (Lipinski definition) is 2. The van der Waals surface area contributed by atoms with Gasteiger partial charge in [-0.25, -0.2) is 17.6 Å². The molecule has 1 heterocycles. The molecule has 2 aromatic rings. The first kappa shape index (κ1) is 32.0. The molecule has 0 saturated heterocycles. The van der Waals surface area contributed by atoms with Crippen LogP contribution in [0.5, 0.6) is 0 Å². The van der Waals surface area contributed by atoms with Gasteiger partial charge < -0.3 is 10.0 Å². The number of carboxylic acids is 1. The van der Waals surface area contributed by atoms with Crippen molar-refractivity contribution in [2.45, 2.75) is 57.3 Å². The summed E-state index contributed by atoms with van der Waals surface area (Å²) in [4.78, 5) is 16.5. The van der Waals surface area contributed by atoms with Crippen molar-refractivity contribution in [3.05, 3.63) is 83.1 Å². The van der Waals surface area contributed by atoms with Crippen molar-refractivity contribution in [3.8, 4) is 0 Å². The molecule has 7 nitrogen and oxygen atoms in total. The summed E-state index contributed by atoms with van der Waals surface area (Å²) < 4.78 is 91.1. The number of hydrogen-bond acceptors (Lipinski definition) is 5. The van der Waals surface area contributed by atoms with E-state index in [9.17, 15) is 22.0 Å². The van der Waals surface area contributed by atoms with Crippen LogP contribution >= 0.6 is 0 Å².